The molecule has 0 spiro atoms. The van der Waals surface area contributed by atoms with E-state index in [1.807, 2.05) is 0 Å². The Kier molecular flexibility index (Phi) is 5.12. The van der Waals surface area contributed by atoms with Crippen molar-refractivity contribution in [2.24, 2.45) is 0 Å². The first kappa shape index (κ1) is 16.4. The van der Waals surface area contributed by atoms with Gasteiger partial charge in [0.25, 0.3) is 0 Å². The lowest BCUT2D eigenvalue weighted by Crippen LogP contribution is -2.35. The minimum absolute atomic E-state index is 0.00408. The predicted molar refractivity (Wildman–Crippen MR) is 67.1 cm³/mol. The molecule has 6 nitrogen and oxygen atoms in total. The maximum Gasteiger partial charge on any atom is 0.433 e. The van der Waals surface area contributed by atoms with E-state index in [-0.39, 0.29) is 12.4 Å². The van der Waals surface area contributed by atoms with Gasteiger partial charge in [-0.05, 0) is 6.92 Å². The second kappa shape index (κ2) is 6.23. The lowest BCUT2D eigenvalue weighted by Gasteiger charge is -2.23. The van der Waals surface area contributed by atoms with Crippen LogP contribution in [0.3, 0.4) is 0 Å². The SMILES string of the molecule is COCCC(C)(O)CNc1cc(C(F)(F)F)nc(N)n1. The third kappa shape index (κ3) is 5.17. The number of nitrogens with two attached hydrogens (primary N) is 1. The molecule has 0 aliphatic carbocycles. The fourth-order valence-electron chi connectivity index (χ4n) is 1.39. The average Bonchev–Trinajstić information content (AvgIpc) is 2.32. The summed E-state index contributed by atoms with van der Waals surface area (Å²) in [6.45, 7) is 1.87. The molecule has 0 aliphatic rings. The normalized spacial score (nSPS) is 14.9. The van der Waals surface area contributed by atoms with E-state index in [9.17, 15) is 18.3 Å². The molecule has 1 heterocycles. The molecular weight excluding hydrogens is 277 g/mol. The summed E-state index contributed by atoms with van der Waals surface area (Å²) in [5.74, 6) is -0.582. The first-order chi connectivity index (χ1) is 9.14. The minimum Gasteiger partial charge on any atom is -0.388 e. The number of nitrogen functional groups attached to an aromatic ring is 1. The van der Waals surface area contributed by atoms with Crippen LogP contribution in [0.15, 0.2) is 6.07 Å². The van der Waals surface area contributed by atoms with E-state index in [1.165, 1.54) is 14.0 Å². The number of nitrogens with zero attached hydrogens (tertiary/aromatic N) is 2. The number of hydrogen-bond donors (Lipinski definition) is 3. The van der Waals surface area contributed by atoms with Crippen molar-refractivity contribution in [2.45, 2.75) is 25.1 Å². The molecule has 0 saturated heterocycles. The first-order valence-corrected chi connectivity index (χ1v) is 5.81. The number of halogens is 3. The molecule has 0 aliphatic heterocycles. The zero-order valence-electron chi connectivity index (χ0n) is 11.2. The van der Waals surface area contributed by atoms with E-state index >= 15 is 0 Å². The number of aliphatic hydroxyl groups is 1. The van der Waals surface area contributed by atoms with Crippen molar-refractivity contribution < 1.29 is 23.0 Å². The highest BCUT2D eigenvalue weighted by Crippen LogP contribution is 2.29. The lowest BCUT2D eigenvalue weighted by molar-refractivity contribution is -0.141. The van der Waals surface area contributed by atoms with E-state index in [1.54, 1.807) is 0 Å². The van der Waals surface area contributed by atoms with Crippen LogP contribution in [0.5, 0.6) is 0 Å². The summed E-state index contributed by atoms with van der Waals surface area (Å²) in [7, 11) is 1.49. The molecule has 1 aromatic rings. The molecule has 1 unspecified atom stereocenters. The van der Waals surface area contributed by atoms with Crippen molar-refractivity contribution in [3.63, 3.8) is 0 Å². The van der Waals surface area contributed by atoms with Crippen molar-refractivity contribution in [2.75, 3.05) is 31.3 Å². The Balaban J connectivity index is 2.76. The molecule has 20 heavy (non-hydrogen) atoms. The van der Waals surface area contributed by atoms with Crippen LogP contribution in [0, 0.1) is 0 Å². The maximum atomic E-state index is 12.5. The van der Waals surface area contributed by atoms with Crippen molar-refractivity contribution >= 4 is 11.8 Å². The van der Waals surface area contributed by atoms with E-state index in [0.29, 0.717) is 13.0 Å². The number of ether oxygens (including phenoxy) is 1. The molecule has 1 atom stereocenters. The summed E-state index contributed by atoms with van der Waals surface area (Å²) >= 11 is 0. The average molecular weight is 294 g/mol. The van der Waals surface area contributed by atoms with Crippen LogP contribution >= 0.6 is 0 Å². The monoisotopic (exact) mass is 294 g/mol. The first-order valence-electron chi connectivity index (χ1n) is 5.81. The third-order valence-electron chi connectivity index (χ3n) is 2.53. The van der Waals surface area contributed by atoms with Gasteiger partial charge in [0, 0.05) is 32.7 Å². The highest BCUT2D eigenvalue weighted by atomic mass is 19.4. The number of methoxy groups -OCH3 is 1. The summed E-state index contributed by atoms with van der Waals surface area (Å²) in [6, 6.07) is 0.739. The van der Waals surface area contributed by atoms with Gasteiger partial charge in [-0.25, -0.2) is 4.98 Å². The molecular formula is C11H17F3N4O2. The molecule has 0 fully saturated rings. The summed E-state index contributed by atoms with van der Waals surface area (Å²) in [6.07, 6.45) is -4.28. The molecule has 0 radical (unpaired) electrons. The van der Waals surface area contributed by atoms with Gasteiger partial charge >= 0.3 is 6.18 Å². The lowest BCUT2D eigenvalue weighted by atomic mass is 10.0. The van der Waals surface area contributed by atoms with Crippen molar-refractivity contribution in [3.8, 4) is 0 Å². The van der Waals surface area contributed by atoms with Gasteiger partial charge in [-0.3, -0.25) is 0 Å². The minimum atomic E-state index is -4.61. The quantitative estimate of drug-likeness (QED) is 0.732. The molecule has 0 aromatic carbocycles. The molecule has 4 N–H and O–H groups in total. The number of aromatic nitrogens is 2. The van der Waals surface area contributed by atoms with Gasteiger partial charge in [-0.2, -0.15) is 18.2 Å². The highest BCUT2D eigenvalue weighted by molar-refractivity contribution is 5.41. The van der Waals surface area contributed by atoms with Crippen LogP contribution in [0.4, 0.5) is 24.9 Å². The Morgan fingerprint density at radius 2 is 2.05 bits per heavy atom. The van der Waals surface area contributed by atoms with E-state index < -0.39 is 23.4 Å². The Morgan fingerprint density at radius 1 is 1.40 bits per heavy atom. The largest absolute Gasteiger partial charge is 0.433 e. The van der Waals surface area contributed by atoms with Crippen LogP contribution < -0.4 is 11.1 Å². The highest BCUT2D eigenvalue weighted by Gasteiger charge is 2.33. The van der Waals surface area contributed by atoms with Gasteiger partial charge in [-0.1, -0.05) is 0 Å². The second-order valence-electron chi connectivity index (χ2n) is 4.59. The zero-order chi connectivity index (χ0) is 15.4. The Morgan fingerprint density at radius 3 is 2.60 bits per heavy atom. The van der Waals surface area contributed by atoms with Gasteiger partial charge in [0.15, 0.2) is 5.69 Å². The van der Waals surface area contributed by atoms with Crippen LogP contribution in [-0.4, -0.2) is 40.9 Å². The molecule has 0 bridgehead atoms. The smallest absolute Gasteiger partial charge is 0.388 e. The van der Waals surface area contributed by atoms with Gasteiger partial charge in [0.1, 0.15) is 5.82 Å². The summed E-state index contributed by atoms with van der Waals surface area (Å²) in [5.41, 5.74) is 2.95. The zero-order valence-corrected chi connectivity index (χ0v) is 11.2. The van der Waals surface area contributed by atoms with Crippen molar-refractivity contribution in [1.82, 2.24) is 9.97 Å². The fourth-order valence-corrected chi connectivity index (χ4v) is 1.39. The van der Waals surface area contributed by atoms with Gasteiger partial charge in [0.05, 0.1) is 5.60 Å². The molecule has 0 saturated carbocycles. The van der Waals surface area contributed by atoms with E-state index in [4.69, 9.17) is 10.5 Å². The number of nitrogens with one attached hydrogen (secondary N) is 1. The summed E-state index contributed by atoms with van der Waals surface area (Å²) < 4.78 is 42.5. The molecule has 0 amide bonds. The predicted octanol–water partition coefficient (Wildman–Crippen LogP) is 1.28. The van der Waals surface area contributed by atoms with Crippen molar-refractivity contribution in [1.29, 1.82) is 0 Å². The Labute approximate surface area is 114 Å². The van der Waals surface area contributed by atoms with Crippen molar-refractivity contribution in [3.05, 3.63) is 11.8 Å². The number of rotatable bonds is 6. The van der Waals surface area contributed by atoms with E-state index in [2.05, 4.69) is 15.3 Å². The Hall–Kier alpha value is -1.61. The number of alkyl halides is 3. The molecule has 114 valence electrons. The van der Waals surface area contributed by atoms with Crippen LogP contribution in [0.1, 0.15) is 19.0 Å². The maximum absolute atomic E-state index is 12.5. The van der Waals surface area contributed by atoms with Crippen LogP contribution in [0.2, 0.25) is 0 Å². The van der Waals surface area contributed by atoms with Crippen LogP contribution in [-0.2, 0) is 10.9 Å². The van der Waals surface area contributed by atoms with Crippen LogP contribution in [0.25, 0.3) is 0 Å². The summed E-state index contributed by atoms with van der Waals surface area (Å²) in [5, 5.41) is 12.6. The summed E-state index contributed by atoms with van der Waals surface area (Å²) in [4.78, 5) is 6.76. The molecule has 1 aromatic heterocycles. The standard InChI is InChI=1S/C11H17F3N4O2/c1-10(19,3-4-20-2)6-16-8-5-7(11(12,13)14)17-9(15)18-8/h5,19H,3-4,6H2,1-2H3,(H3,15,16,17,18). The third-order valence-corrected chi connectivity index (χ3v) is 2.53. The Bertz CT molecular complexity index is 452. The van der Waals surface area contributed by atoms with E-state index in [0.717, 1.165) is 6.07 Å². The fraction of sp³-hybridized carbons (Fsp3) is 0.636. The van der Waals surface area contributed by atoms with Gasteiger partial charge < -0.3 is 20.9 Å². The topological polar surface area (TPSA) is 93.3 Å². The number of anilines is 2. The van der Waals surface area contributed by atoms with Gasteiger partial charge in [-0.15, -0.1) is 0 Å². The number of hydrogen-bond acceptors (Lipinski definition) is 6. The van der Waals surface area contributed by atoms with Gasteiger partial charge in [0.2, 0.25) is 5.95 Å². The second-order valence-corrected chi connectivity index (χ2v) is 4.59. The molecule has 9 heteroatoms. The molecule has 1 rings (SSSR count).